The third-order valence-corrected chi connectivity index (χ3v) is 3.63. The predicted octanol–water partition coefficient (Wildman–Crippen LogP) is 4.03. The summed E-state index contributed by atoms with van der Waals surface area (Å²) in [7, 11) is 0. The van der Waals surface area contributed by atoms with E-state index >= 15 is 0 Å². The van der Waals surface area contributed by atoms with Gasteiger partial charge in [-0.05, 0) is 48.9 Å². The maximum atomic E-state index is 12.3. The third kappa shape index (κ3) is 6.05. The number of nitrogens with one attached hydrogen (secondary N) is 3. The van der Waals surface area contributed by atoms with Crippen LogP contribution in [-0.2, 0) is 9.59 Å². The Kier molecular flexibility index (Phi) is 6.91. The second-order valence-electron chi connectivity index (χ2n) is 5.95. The van der Waals surface area contributed by atoms with Crippen LogP contribution in [-0.4, -0.2) is 17.7 Å². The van der Waals surface area contributed by atoms with Crippen molar-refractivity contribution in [2.75, 3.05) is 16.0 Å². The maximum Gasteiger partial charge on any atom is 0.255 e. The van der Waals surface area contributed by atoms with Crippen molar-refractivity contribution in [3.63, 3.8) is 0 Å². The van der Waals surface area contributed by atoms with Crippen molar-refractivity contribution in [3.05, 3.63) is 54.1 Å². The Morgan fingerprint density at radius 2 is 1.50 bits per heavy atom. The van der Waals surface area contributed by atoms with Crippen molar-refractivity contribution < 1.29 is 14.4 Å². The van der Waals surface area contributed by atoms with E-state index in [0.29, 0.717) is 29.0 Å². The highest BCUT2D eigenvalue weighted by molar-refractivity contribution is 6.05. The van der Waals surface area contributed by atoms with Crippen molar-refractivity contribution in [2.45, 2.75) is 33.1 Å². The average molecular weight is 353 g/mol. The maximum absolute atomic E-state index is 12.3. The summed E-state index contributed by atoms with van der Waals surface area (Å²) in [5.41, 5.74) is 2.33. The Morgan fingerprint density at radius 3 is 2.12 bits per heavy atom. The minimum atomic E-state index is -0.270. The lowest BCUT2D eigenvalue weighted by molar-refractivity contribution is -0.116. The van der Waals surface area contributed by atoms with E-state index in [4.69, 9.17) is 0 Å². The smallest absolute Gasteiger partial charge is 0.255 e. The first-order valence-electron chi connectivity index (χ1n) is 8.57. The van der Waals surface area contributed by atoms with Gasteiger partial charge in [0.1, 0.15) is 0 Å². The van der Waals surface area contributed by atoms with Crippen LogP contribution in [0.4, 0.5) is 17.1 Å². The fraction of sp³-hybridized carbons (Fsp3) is 0.250. The molecule has 3 N–H and O–H groups in total. The molecule has 6 nitrogen and oxygen atoms in total. The summed E-state index contributed by atoms with van der Waals surface area (Å²) < 4.78 is 0. The molecule has 2 rings (SSSR count). The highest BCUT2D eigenvalue weighted by Gasteiger charge is 2.08. The lowest BCUT2D eigenvalue weighted by atomic mass is 10.1. The molecule has 2 aromatic carbocycles. The minimum Gasteiger partial charge on any atom is -0.326 e. The van der Waals surface area contributed by atoms with Gasteiger partial charge in [-0.2, -0.15) is 0 Å². The molecule has 0 bridgehead atoms. The van der Waals surface area contributed by atoms with Crippen LogP contribution in [0, 0.1) is 0 Å². The molecule has 0 saturated heterocycles. The van der Waals surface area contributed by atoms with Crippen molar-refractivity contribution in [1.82, 2.24) is 0 Å². The van der Waals surface area contributed by atoms with Crippen LogP contribution in [0.15, 0.2) is 48.5 Å². The summed E-state index contributed by atoms with van der Waals surface area (Å²) in [6.07, 6.45) is 2.31. The fourth-order valence-corrected chi connectivity index (χ4v) is 2.35. The molecule has 0 aliphatic heterocycles. The molecule has 0 saturated carbocycles. The normalized spacial score (nSPS) is 10.1. The first kappa shape index (κ1) is 19.2. The molecule has 136 valence electrons. The first-order chi connectivity index (χ1) is 12.5. The lowest BCUT2D eigenvalue weighted by Crippen LogP contribution is -2.13. The van der Waals surface area contributed by atoms with E-state index in [1.807, 2.05) is 6.92 Å². The summed E-state index contributed by atoms with van der Waals surface area (Å²) in [5, 5.41) is 8.26. The fourth-order valence-electron chi connectivity index (χ4n) is 2.35. The lowest BCUT2D eigenvalue weighted by Gasteiger charge is -2.09. The van der Waals surface area contributed by atoms with E-state index in [1.165, 1.54) is 6.92 Å². The molecule has 0 aliphatic carbocycles. The zero-order valence-electron chi connectivity index (χ0n) is 15.0. The van der Waals surface area contributed by atoms with Crippen LogP contribution in [0.3, 0.4) is 0 Å². The van der Waals surface area contributed by atoms with Gasteiger partial charge >= 0.3 is 0 Å². The predicted molar refractivity (Wildman–Crippen MR) is 103 cm³/mol. The van der Waals surface area contributed by atoms with Crippen LogP contribution >= 0.6 is 0 Å². The number of carbonyl (C=O) groups is 3. The van der Waals surface area contributed by atoms with Crippen LogP contribution in [0.2, 0.25) is 0 Å². The van der Waals surface area contributed by atoms with Crippen LogP contribution in [0.25, 0.3) is 0 Å². The molecule has 0 heterocycles. The zero-order valence-corrected chi connectivity index (χ0v) is 15.0. The van der Waals surface area contributed by atoms with E-state index in [1.54, 1.807) is 48.5 Å². The van der Waals surface area contributed by atoms with Crippen molar-refractivity contribution in [1.29, 1.82) is 0 Å². The molecule has 0 unspecified atom stereocenters. The average Bonchev–Trinajstić information content (AvgIpc) is 2.60. The summed E-state index contributed by atoms with van der Waals surface area (Å²) in [6.45, 7) is 3.46. The van der Waals surface area contributed by atoms with Crippen molar-refractivity contribution >= 4 is 34.8 Å². The molecule has 0 aliphatic rings. The Labute approximate surface area is 153 Å². The quantitative estimate of drug-likeness (QED) is 0.702. The monoisotopic (exact) mass is 353 g/mol. The van der Waals surface area contributed by atoms with Gasteiger partial charge < -0.3 is 16.0 Å². The second-order valence-corrected chi connectivity index (χ2v) is 5.95. The summed E-state index contributed by atoms with van der Waals surface area (Å²) >= 11 is 0. The third-order valence-electron chi connectivity index (χ3n) is 3.63. The summed E-state index contributed by atoms with van der Waals surface area (Å²) in [5.74, 6) is -0.474. The van der Waals surface area contributed by atoms with E-state index < -0.39 is 0 Å². The van der Waals surface area contributed by atoms with Gasteiger partial charge in [-0.3, -0.25) is 14.4 Å². The zero-order chi connectivity index (χ0) is 18.9. The SMILES string of the molecule is CCCCC(=O)Nc1ccc(C(=O)Nc2cccc(NC(C)=O)c2)cc1. The van der Waals surface area contributed by atoms with Gasteiger partial charge in [0.2, 0.25) is 11.8 Å². The number of hydrogen-bond donors (Lipinski definition) is 3. The van der Waals surface area contributed by atoms with Gasteiger partial charge in [0.15, 0.2) is 0 Å². The van der Waals surface area contributed by atoms with E-state index in [9.17, 15) is 14.4 Å². The Bertz CT molecular complexity index is 785. The van der Waals surface area contributed by atoms with Gasteiger partial charge in [0.25, 0.3) is 5.91 Å². The Balaban J connectivity index is 1.97. The molecule has 0 fully saturated rings. The topological polar surface area (TPSA) is 87.3 Å². The van der Waals surface area contributed by atoms with Crippen LogP contribution < -0.4 is 16.0 Å². The largest absolute Gasteiger partial charge is 0.326 e. The number of unbranched alkanes of at least 4 members (excludes halogenated alkanes) is 1. The number of benzene rings is 2. The molecule has 3 amide bonds. The molecule has 26 heavy (non-hydrogen) atoms. The minimum absolute atomic E-state index is 0.0289. The van der Waals surface area contributed by atoms with Crippen LogP contribution in [0.1, 0.15) is 43.5 Å². The van der Waals surface area contributed by atoms with E-state index in [-0.39, 0.29) is 17.7 Å². The highest BCUT2D eigenvalue weighted by Crippen LogP contribution is 2.17. The summed E-state index contributed by atoms with van der Waals surface area (Å²) in [6, 6.07) is 13.6. The second kappa shape index (κ2) is 9.36. The molecule has 0 atom stereocenters. The Hall–Kier alpha value is -3.15. The molecule has 0 aromatic heterocycles. The number of carbonyl (C=O) groups excluding carboxylic acids is 3. The molecule has 6 heteroatoms. The van der Waals surface area contributed by atoms with Gasteiger partial charge in [-0.1, -0.05) is 19.4 Å². The van der Waals surface area contributed by atoms with Gasteiger partial charge in [0.05, 0.1) is 0 Å². The highest BCUT2D eigenvalue weighted by atomic mass is 16.2. The molecular weight excluding hydrogens is 330 g/mol. The Morgan fingerprint density at radius 1 is 0.846 bits per heavy atom. The number of rotatable bonds is 7. The van der Waals surface area contributed by atoms with Crippen molar-refractivity contribution in [3.8, 4) is 0 Å². The van der Waals surface area contributed by atoms with E-state index in [2.05, 4.69) is 16.0 Å². The molecular formula is C20H23N3O3. The van der Waals surface area contributed by atoms with Gasteiger partial charge in [-0.25, -0.2) is 0 Å². The van der Waals surface area contributed by atoms with Crippen molar-refractivity contribution in [2.24, 2.45) is 0 Å². The number of anilines is 3. The van der Waals surface area contributed by atoms with Gasteiger partial charge in [-0.15, -0.1) is 0 Å². The summed E-state index contributed by atoms with van der Waals surface area (Å²) in [4.78, 5) is 35.2. The first-order valence-corrected chi connectivity index (χ1v) is 8.57. The molecule has 0 radical (unpaired) electrons. The standard InChI is InChI=1S/C20H23N3O3/c1-3-4-8-19(25)22-16-11-9-15(10-12-16)20(26)23-18-7-5-6-17(13-18)21-14(2)24/h5-7,9-13H,3-4,8H2,1-2H3,(H,21,24)(H,22,25)(H,23,26). The molecule has 0 spiro atoms. The number of hydrogen-bond acceptors (Lipinski definition) is 3. The van der Waals surface area contributed by atoms with Gasteiger partial charge in [0, 0.05) is 36.0 Å². The van der Waals surface area contributed by atoms with E-state index in [0.717, 1.165) is 12.8 Å². The molecule has 2 aromatic rings. The number of amides is 3. The van der Waals surface area contributed by atoms with Crippen LogP contribution in [0.5, 0.6) is 0 Å².